The van der Waals surface area contributed by atoms with E-state index < -0.39 is 30.1 Å². The van der Waals surface area contributed by atoms with Crippen LogP contribution in [0.1, 0.15) is 44.2 Å². The summed E-state index contributed by atoms with van der Waals surface area (Å²) >= 11 is 0. The maximum Gasteiger partial charge on any atom is 0.407 e. The lowest BCUT2D eigenvalue weighted by atomic mass is 9.98. The van der Waals surface area contributed by atoms with Crippen LogP contribution in [0.25, 0.3) is 11.1 Å². The van der Waals surface area contributed by atoms with E-state index in [1.807, 2.05) is 50.2 Å². The van der Waals surface area contributed by atoms with Crippen LogP contribution in [0.4, 0.5) is 4.79 Å². The normalized spacial score (nSPS) is 14.3. The van der Waals surface area contributed by atoms with Gasteiger partial charge in [-0.3, -0.25) is 9.59 Å². The zero-order chi connectivity index (χ0) is 22.5. The van der Waals surface area contributed by atoms with Gasteiger partial charge in [-0.25, -0.2) is 4.79 Å². The van der Waals surface area contributed by atoms with Gasteiger partial charge in [-0.1, -0.05) is 62.4 Å². The lowest BCUT2D eigenvalue weighted by Crippen LogP contribution is -2.50. The Balaban J connectivity index is 1.58. The van der Waals surface area contributed by atoms with Crippen LogP contribution in [0.2, 0.25) is 0 Å². The van der Waals surface area contributed by atoms with E-state index in [4.69, 9.17) is 9.84 Å². The van der Waals surface area contributed by atoms with Gasteiger partial charge in [0.2, 0.25) is 5.91 Å². The number of carbonyl (C=O) groups excluding carboxylic acids is 2. The predicted octanol–water partition coefficient (Wildman–Crippen LogP) is 3.53. The molecule has 2 aromatic carbocycles. The molecule has 1 unspecified atom stereocenters. The lowest BCUT2D eigenvalue weighted by Gasteiger charge is -2.23. The minimum atomic E-state index is -0.990. The number of nitrogens with one attached hydrogen (secondary N) is 2. The molecule has 7 nitrogen and oxygen atoms in total. The van der Waals surface area contributed by atoms with E-state index in [0.29, 0.717) is 0 Å². The molecular formula is C24H28N2O5. The summed E-state index contributed by atoms with van der Waals surface area (Å²) in [4.78, 5) is 35.7. The first kappa shape index (κ1) is 22.3. The van der Waals surface area contributed by atoms with Crippen molar-refractivity contribution in [3.8, 4) is 11.1 Å². The first-order chi connectivity index (χ1) is 14.8. The molecule has 0 heterocycles. The average Bonchev–Trinajstić information content (AvgIpc) is 3.05. The van der Waals surface area contributed by atoms with Crippen molar-refractivity contribution in [2.24, 2.45) is 5.92 Å². The zero-order valence-electron chi connectivity index (χ0n) is 17.9. The SMILES string of the molecule is CC(NC(=O)OCC1c2ccccc2-c2ccccc21)C(=O)N[C@H](CC(=O)O)C(C)C. The van der Waals surface area contributed by atoms with Gasteiger partial charge in [0, 0.05) is 12.0 Å². The average molecular weight is 424 g/mol. The van der Waals surface area contributed by atoms with E-state index >= 15 is 0 Å². The van der Waals surface area contributed by atoms with E-state index in [9.17, 15) is 14.4 Å². The molecule has 0 aliphatic heterocycles. The van der Waals surface area contributed by atoms with Crippen molar-refractivity contribution in [2.45, 2.75) is 45.2 Å². The molecule has 2 atom stereocenters. The van der Waals surface area contributed by atoms with Gasteiger partial charge in [-0.2, -0.15) is 0 Å². The smallest absolute Gasteiger partial charge is 0.407 e. The monoisotopic (exact) mass is 424 g/mol. The molecule has 7 heteroatoms. The molecule has 0 saturated carbocycles. The van der Waals surface area contributed by atoms with Crippen molar-refractivity contribution in [3.63, 3.8) is 0 Å². The van der Waals surface area contributed by atoms with Crippen molar-refractivity contribution in [1.29, 1.82) is 0 Å². The predicted molar refractivity (Wildman–Crippen MR) is 117 cm³/mol. The van der Waals surface area contributed by atoms with Crippen molar-refractivity contribution in [3.05, 3.63) is 59.7 Å². The number of fused-ring (bicyclic) bond motifs is 3. The van der Waals surface area contributed by atoms with Crippen molar-refractivity contribution >= 4 is 18.0 Å². The maximum absolute atomic E-state index is 12.4. The van der Waals surface area contributed by atoms with E-state index in [2.05, 4.69) is 22.8 Å². The summed E-state index contributed by atoms with van der Waals surface area (Å²) in [5.74, 6) is -1.56. The molecule has 0 radical (unpaired) electrons. The molecule has 164 valence electrons. The van der Waals surface area contributed by atoms with Crippen LogP contribution in [0.5, 0.6) is 0 Å². The number of carboxylic acid groups (broad SMARTS) is 1. The summed E-state index contributed by atoms with van der Waals surface area (Å²) in [6.45, 7) is 5.35. The number of ether oxygens (including phenoxy) is 1. The van der Waals surface area contributed by atoms with Gasteiger partial charge >= 0.3 is 12.1 Å². The maximum atomic E-state index is 12.4. The lowest BCUT2D eigenvalue weighted by molar-refractivity contribution is -0.138. The van der Waals surface area contributed by atoms with Gasteiger partial charge in [0.05, 0.1) is 6.42 Å². The first-order valence-electron chi connectivity index (χ1n) is 10.4. The molecule has 0 aromatic heterocycles. The quantitative estimate of drug-likeness (QED) is 0.601. The molecule has 31 heavy (non-hydrogen) atoms. The number of hydrogen-bond donors (Lipinski definition) is 3. The largest absolute Gasteiger partial charge is 0.481 e. The highest BCUT2D eigenvalue weighted by atomic mass is 16.5. The highest BCUT2D eigenvalue weighted by Gasteiger charge is 2.29. The Hall–Kier alpha value is -3.35. The zero-order valence-corrected chi connectivity index (χ0v) is 17.9. The third-order valence-electron chi connectivity index (χ3n) is 5.60. The number of hydrogen-bond acceptors (Lipinski definition) is 4. The molecule has 1 aliphatic rings. The van der Waals surface area contributed by atoms with Gasteiger partial charge in [-0.05, 0) is 35.1 Å². The number of benzene rings is 2. The van der Waals surface area contributed by atoms with Gasteiger partial charge in [-0.15, -0.1) is 0 Å². The Morgan fingerprint density at radius 1 is 0.935 bits per heavy atom. The van der Waals surface area contributed by atoms with Crippen LogP contribution < -0.4 is 10.6 Å². The van der Waals surface area contributed by atoms with Crippen LogP contribution in [0.3, 0.4) is 0 Å². The number of carboxylic acids is 1. The Labute approximate surface area is 181 Å². The molecule has 0 fully saturated rings. The van der Waals surface area contributed by atoms with E-state index in [1.54, 1.807) is 0 Å². The number of amides is 2. The third kappa shape index (κ3) is 5.23. The van der Waals surface area contributed by atoms with Crippen LogP contribution in [-0.4, -0.2) is 41.8 Å². The van der Waals surface area contributed by atoms with Gasteiger partial charge in [0.15, 0.2) is 0 Å². The van der Waals surface area contributed by atoms with Crippen LogP contribution >= 0.6 is 0 Å². The Morgan fingerprint density at radius 3 is 2.00 bits per heavy atom. The topological polar surface area (TPSA) is 105 Å². The summed E-state index contributed by atoms with van der Waals surface area (Å²) in [6, 6.07) is 14.7. The molecule has 3 N–H and O–H groups in total. The number of aliphatic carboxylic acids is 1. The van der Waals surface area contributed by atoms with E-state index in [-0.39, 0.29) is 24.9 Å². The summed E-state index contributed by atoms with van der Waals surface area (Å²) in [5, 5.41) is 14.2. The second-order valence-electron chi connectivity index (χ2n) is 8.15. The highest BCUT2D eigenvalue weighted by Crippen LogP contribution is 2.44. The summed E-state index contributed by atoms with van der Waals surface area (Å²) in [7, 11) is 0. The highest BCUT2D eigenvalue weighted by molar-refractivity contribution is 5.86. The molecule has 0 spiro atoms. The molecular weight excluding hydrogens is 396 g/mol. The van der Waals surface area contributed by atoms with Crippen LogP contribution in [0.15, 0.2) is 48.5 Å². The third-order valence-corrected chi connectivity index (χ3v) is 5.60. The Morgan fingerprint density at radius 2 is 1.48 bits per heavy atom. The number of alkyl carbamates (subject to hydrolysis) is 1. The molecule has 2 amide bonds. The molecule has 2 aromatic rings. The second kappa shape index (κ2) is 9.64. The Bertz CT molecular complexity index is 926. The van der Waals surface area contributed by atoms with Crippen LogP contribution in [-0.2, 0) is 14.3 Å². The summed E-state index contributed by atoms with van der Waals surface area (Å²) < 4.78 is 5.45. The minimum absolute atomic E-state index is 0.0540. The Kier molecular flexibility index (Phi) is 6.95. The van der Waals surface area contributed by atoms with Crippen molar-refractivity contribution < 1.29 is 24.2 Å². The second-order valence-corrected chi connectivity index (χ2v) is 8.15. The molecule has 3 rings (SSSR count). The minimum Gasteiger partial charge on any atom is -0.481 e. The fraction of sp³-hybridized carbons (Fsp3) is 0.375. The molecule has 0 bridgehead atoms. The fourth-order valence-electron chi connectivity index (χ4n) is 3.83. The van der Waals surface area contributed by atoms with Gasteiger partial charge < -0.3 is 20.5 Å². The van der Waals surface area contributed by atoms with Gasteiger partial charge in [0.25, 0.3) is 0 Å². The standard InChI is InChI=1S/C24H28N2O5/c1-14(2)21(12-22(27)28)26-23(29)15(3)25-24(30)31-13-20-18-10-6-4-8-16(18)17-9-5-7-11-19(17)20/h4-11,14-15,20-21H,12-13H2,1-3H3,(H,25,30)(H,26,29)(H,27,28)/t15?,21-/m1/s1. The summed E-state index contributed by atoms with van der Waals surface area (Å²) in [5.41, 5.74) is 4.49. The van der Waals surface area contributed by atoms with Gasteiger partial charge in [0.1, 0.15) is 12.6 Å². The fourth-order valence-corrected chi connectivity index (χ4v) is 3.83. The van der Waals surface area contributed by atoms with E-state index in [0.717, 1.165) is 22.3 Å². The van der Waals surface area contributed by atoms with Crippen molar-refractivity contribution in [1.82, 2.24) is 10.6 Å². The molecule has 1 aliphatic carbocycles. The summed E-state index contributed by atoms with van der Waals surface area (Å²) in [6.07, 6.45) is -0.870. The molecule has 0 saturated heterocycles. The van der Waals surface area contributed by atoms with Crippen molar-refractivity contribution in [2.75, 3.05) is 6.61 Å². The first-order valence-corrected chi connectivity index (χ1v) is 10.4. The number of rotatable bonds is 8. The van der Waals surface area contributed by atoms with E-state index in [1.165, 1.54) is 6.92 Å². The van der Waals surface area contributed by atoms with Crippen LogP contribution in [0, 0.1) is 5.92 Å². The number of carbonyl (C=O) groups is 3.